The minimum absolute atomic E-state index is 0.116. The van der Waals surface area contributed by atoms with Crippen LogP contribution in [0.1, 0.15) is 123 Å². The number of carbonyl (C=O) groups is 1. The van der Waals surface area contributed by atoms with Gasteiger partial charge in [0.25, 0.3) is 5.91 Å². The van der Waals surface area contributed by atoms with Crippen molar-refractivity contribution in [2.45, 2.75) is 108 Å². The molecular formula is C48H69N3O3. The summed E-state index contributed by atoms with van der Waals surface area (Å²) in [5.74, 6) is 1.16. The molecule has 0 heterocycles. The van der Waals surface area contributed by atoms with Gasteiger partial charge in [-0.05, 0) is 118 Å². The highest BCUT2D eigenvalue weighted by Crippen LogP contribution is 2.39. The monoisotopic (exact) mass is 736 g/mol. The lowest BCUT2D eigenvalue weighted by Gasteiger charge is -2.25. The zero-order chi connectivity index (χ0) is 40.2. The van der Waals surface area contributed by atoms with E-state index in [1.54, 1.807) is 24.3 Å². The number of aromatic hydroxyl groups is 2. The largest absolute Gasteiger partial charge is 0.507 e. The lowest BCUT2D eigenvalue weighted by molar-refractivity contribution is 0.102. The van der Waals surface area contributed by atoms with Crippen molar-refractivity contribution in [1.29, 1.82) is 0 Å². The minimum atomic E-state index is -0.350. The normalized spacial score (nSPS) is 12.4. The van der Waals surface area contributed by atoms with Crippen LogP contribution < -0.4 is 10.6 Å². The number of anilines is 3. The van der Waals surface area contributed by atoms with E-state index in [1.807, 2.05) is 50.2 Å². The Labute approximate surface area is 327 Å². The Morgan fingerprint density at radius 1 is 0.741 bits per heavy atom. The lowest BCUT2D eigenvalue weighted by Crippen LogP contribution is -2.31. The van der Waals surface area contributed by atoms with Crippen LogP contribution in [0.2, 0.25) is 0 Å². The number of benzene rings is 4. The summed E-state index contributed by atoms with van der Waals surface area (Å²) < 4.78 is 0. The molecule has 6 nitrogen and oxygen atoms in total. The van der Waals surface area contributed by atoms with Crippen molar-refractivity contribution in [2.24, 2.45) is 11.8 Å². The second-order valence-electron chi connectivity index (χ2n) is 14.3. The van der Waals surface area contributed by atoms with Crippen molar-refractivity contribution in [3.8, 4) is 22.6 Å². The number of allylic oxidation sites excluding steroid dienone is 2. The van der Waals surface area contributed by atoms with E-state index in [0.29, 0.717) is 22.4 Å². The molecule has 0 bridgehead atoms. The van der Waals surface area contributed by atoms with E-state index < -0.39 is 0 Å². The third-order valence-electron chi connectivity index (χ3n) is 10.1. The molecular weight excluding hydrogens is 667 g/mol. The van der Waals surface area contributed by atoms with Crippen LogP contribution in [0.5, 0.6) is 11.5 Å². The molecule has 4 N–H and O–H groups in total. The number of rotatable bonds is 16. The maximum absolute atomic E-state index is 13.0. The topological polar surface area (TPSA) is 84.8 Å². The molecule has 54 heavy (non-hydrogen) atoms. The lowest BCUT2D eigenvalue weighted by atomic mass is 9.96. The predicted molar refractivity (Wildman–Crippen MR) is 234 cm³/mol. The molecule has 0 fully saturated rings. The molecule has 6 heteroatoms. The summed E-state index contributed by atoms with van der Waals surface area (Å²) in [6.07, 6.45) is 6.29. The third kappa shape index (κ3) is 14.4. The van der Waals surface area contributed by atoms with Gasteiger partial charge in [0, 0.05) is 41.3 Å². The van der Waals surface area contributed by atoms with Gasteiger partial charge in [0.2, 0.25) is 0 Å². The zero-order valence-electron chi connectivity index (χ0n) is 35.1. The number of phenolic OH excluding ortho intramolecular Hbond substituents is 2. The van der Waals surface area contributed by atoms with E-state index in [9.17, 15) is 15.0 Å². The second-order valence-corrected chi connectivity index (χ2v) is 14.3. The second kappa shape index (κ2) is 24.0. The van der Waals surface area contributed by atoms with Crippen molar-refractivity contribution in [3.05, 3.63) is 107 Å². The van der Waals surface area contributed by atoms with Crippen molar-refractivity contribution < 1.29 is 15.0 Å². The highest BCUT2D eigenvalue weighted by molar-refractivity contribution is 6.05. The van der Waals surface area contributed by atoms with E-state index >= 15 is 0 Å². The number of amides is 1. The first-order valence-corrected chi connectivity index (χ1v) is 20.2. The van der Waals surface area contributed by atoms with Gasteiger partial charge in [-0.1, -0.05) is 116 Å². The Bertz CT molecular complexity index is 1720. The van der Waals surface area contributed by atoms with E-state index in [1.165, 1.54) is 79.7 Å². The number of hydrogen-bond donors (Lipinski definition) is 4. The summed E-state index contributed by atoms with van der Waals surface area (Å²) in [5.41, 5.74) is 8.52. The fourth-order valence-electron chi connectivity index (χ4n) is 6.08. The summed E-state index contributed by atoms with van der Waals surface area (Å²) in [7, 11) is 0. The summed E-state index contributed by atoms with van der Waals surface area (Å²) in [6.45, 7) is 28.1. The molecule has 4 aromatic rings. The Morgan fingerprint density at radius 3 is 1.96 bits per heavy atom. The Kier molecular flexibility index (Phi) is 20.3. The third-order valence-corrected chi connectivity index (χ3v) is 10.1. The van der Waals surface area contributed by atoms with Gasteiger partial charge in [0.1, 0.15) is 11.5 Å². The van der Waals surface area contributed by atoms with Gasteiger partial charge in [-0.3, -0.25) is 4.79 Å². The van der Waals surface area contributed by atoms with Crippen molar-refractivity contribution in [3.63, 3.8) is 0 Å². The van der Waals surface area contributed by atoms with Crippen molar-refractivity contribution in [2.75, 3.05) is 30.3 Å². The van der Waals surface area contributed by atoms with Gasteiger partial charge in [-0.15, -0.1) is 0 Å². The number of nitrogens with one attached hydrogen (secondary N) is 2. The van der Waals surface area contributed by atoms with E-state index in [4.69, 9.17) is 0 Å². The van der Waals surface area contributed by atoms with Gasteiger partial charge >= 0.3 is 0 Å². The molecule has 2 atom stereocenters. The van der Waals surface area contributed by atoms with Crippen LogP contribution in [0.4, 0.5) is 17.1 Å². The maximum atomic E-state index is 13.0. The first-order valence-electron chi connectivity index (χ1n) is 20.2. The van der Waals surface area contributed by atoms with Gasteiger partial charge in [-0.2, -0.15) is 0 Å². The van der Waals surface area contributed by atoms with Crippen LogP contribution in [0.15, 0.2) is 90.5 Å². The standard InChI is InChI=1S/C32H32N2O3.C14H31N.C2H6/c1-5-20(2)22(4)28-17-26(15-14-21(28)3)33-25-13-9-12-24(16-25)32(37)34-27-18-29(35)31(30(36)19-27)23-10-7-6-8-11-23;1-6-10-15(12-14(5)8-3)11-9-13(4)7-2;1-2/h6-19,33,35-36H,5H2,1-4H3,(H,34,37);13-14H,6-12H2,1-5H3;1-2H3/b22-20-;;. The summed E-state index contributed by atoms with van der Waals surface area (Å²) in [5, 5.41) is 27.2. The summed E-state index contributed by atoms with van der Waals surface area (Å²) >= 11 is 0. The Morgan fingerprint density at radius 2 is 1.37 bits per heavy atom. The highest BCUT2D eigenvalue weighted by atomic mass is 16.3. The van der Waals surface area contributed by atoms with E-state index in [0.717, 1.165) is 29.6 Å². The van der Waals surface area contributed by atoms with Crippen molar-refractivity contribution in [1.82, 2.24) is 4.90 Å². The molecule has 294 valence electrons. The smallest absolute Gasteiger partial charge is 0.255 e. The van der Waals surface area contributed by atoms with Crippen LogP contribution in [-0.4, -0.2) is 40.7 Å². The van der Waals surface area contributed by atoms with Gasteiger partial charge in [-0.25, -0.2) is 0 Å². The number of aryl methyl sites for hydroxylation is 1. The average Bonchev–Trinajstić information content (AvgIpc) is 3.18. The molecule has 0 aliphatic carbocycles. The van der Waals surface area contributed by atoms with Crippen LogP contribution in [-0.2, 0) is 0 Å². The first kappa shape index (κ1) is 45.6. The summed E-state index contributed by atoms with van der Waals surface area (Å²) in [4.78, 5) is 15.6. The SMILES string of the molecule is CC.CC/C(C)=C(/C)c1cc(Nc2cccc(C(=O)Nc3cc(O)c(-c4ccccc4)c(O)c3)c2)ccc1C.CCCN(CCC(C)CC)CC(C)CC. The first-order chi connectivity index (χ1) is 25.9. The molecule has 0 saturated carbocycles. The van der Waals surface area contributed by atoms with Crippen LogP contribution >= 0.6 is 0 Å². The van der Waals surface area contributed by atoms with Gasteiger partial charge < -0.3 is 25.7 Å². The van der Waals surface area contributed by atoms with Crippen molar-refractivity contribution >= 4 is 28.5 Å². The Hall–Kier alpha value is -4.55. The molecule has 0 saturated heterocycles. The molecule has 0 radical (unpaired) electrons. The predicted octanol–water partition coefficient (Wildman–Crippen LogP) is 13.5. The molecule has 0 aromatic heterocycles. The maximum Gasteiger partial charge on any atom is 0.255 e. The number of phenols is 2. The summed E-state index contributed by atoms with van der Waals surface area (Å²) in [6, 6.07) is 25.4. The van der Waals surface area contributed by atoms with Crippen LogP contribution in [0, 0.1) is 18.8 Å². The van der Waals surface area contributed by atoms with E-state index in [2.05, 4.69) is 90.0 Å². The molecule has 1 amide bonds. The van der Waals surface area contributed by atoms with Gasteiger partial charge in [0.05, 0.1) is 5.56 Å². The average molecular weight is 736 g/mol. The molecule has 0 aliphatic rings. The van der Waals surface area contributed by atoms with Gasteiger partial charge in [0.15, 0.2) is 0 Å². The fourth-order valence-corrected chi connectivity index (χ4v) is 6.08. The minimum Gasteiger partial charge on any atom is -0.507 e. The molecule has 0 aliphatic heterocycles. The quantitative estimate of drug-likeness (QED) is 0.0921. The number of hydrogen-bond acceptors (Lipinski definition) is 5. The molecule has 2 unspecified atom stereocenters. The van der Waals surface area contributed by atoms with Crippen LogP contribution in [0.3, 0.4) is 0 Å². The molecule has 4 rings (SSSR count). The highest BCUT2D eigenvalue weighted by Gasteiger charge is 2.15. The zero-order valence-corrected chi connectivity index (χ0v) is 35.1. The fraction of sp³-hybridized carbons (Fsp3) is 0.438. The molecule has 4 aromatic carbocycles. The number of nitrogens with zero attached hydrogens (tertiary/aromatic N) is 1. The van der Waals surface area contributed by atoms with Crippen LogP contribution in [0.25, 0.3) is 16.7 Å². The molecule has 0 spiro atoms. The number of carbonyl (C=O) groups excluding carboxylic acids is 1. The Balaban J connectivity index is 0.000000501. The van der Waals surface area contributed by atoms with E-state index in [-0.39, 0.29) is 17.4 Å².